The molecular formula is C20H20Cl2N4O2S. The van der Waals surface area contributed by atoms with Crippen molar-refractivity contribution in [2.45, 2.75) is 25.5 Å². The van der Waals surface area contributed by atoms with Crippen LogP contribution in [0.15, 0.2) is 41.6 Å². The van der Waals surface area contributed by atoms with E-state index in [1.54, 1.807) is 37.4 Å². The van der Waals surface area contributed by atoms with Crippen molar-refractivity contribution >= 4 is 46.6 Å². The van der Waals surface area contributed by atoms with Crippen LogP contribution in [0.3, 0.4) is 0 Å². The fourth-order valence-electron chi connectivity index (χ4n) is 2.79. The van der Waals surface area contributed by atoms with Crippen LogP contribution in [0.25, 0.3) is 11.4 Å². The number of rotatable bonds is 7. The number of methoxy groups -OCH3 is 1. The van der Waals surface area contributed by atoms with Gasteiger partial charge in [0.05, 0.1) is 18.4 Å². The zero-order valence-corrected chi connectivity index (χ0v) is 18.5. The van der Waals surface area contributed by atoms with Crippen LogP contribution in [0.4, 0.5) is 5.69 Å². The van der Waals surface area contributed by atoms with Gasteiger partial charge in [0, 0.05) is 22.3 Å². The maximum atomic E-state index is 12.4. The number of benzene rings is 2. The molecule has 0 fully saturated rings. The van der Waals surface area contributed by atoms with Gasteiger partial charge >= 0.3 is 0 Å². The minimum atomic E-state index is -0.145. The molecule has 2 aromatic carbocycles. The van der Waals surface area contributed by atoms with E-state index >= 15 is 0 Å². The van der Waals surface area contributed by atoms with Crippen molar-refractivity contribution in [2.24, 2.45) is 0 Å². The zero-order valence-electron chi connectivity index (χ0n) is 16.2. The third-order valence-electron chi connectivity index (χ3n) is 4.31. The molecule has 3 rings (SSSR count). The average molecular weight is 451 g/mol. The Balaban J connectivity index is 1.77. The van der Waals surface area contributed by atoms with E-state index in [0.29, 0.717) is 39.0 Å². The van der Waals surface area contributed by atoms with E-state index in [2.05, 4.69) is 15.5 Å². The molecule has 0 aliphatic rings. The van der Waals surface area contributed by atoms with Crippen LogP contribution in [-0.2, 0) is 11.3 Å². The summed E-state index contributed by atoms with van der Waals surface area (Å²) in [6, 6.07) is 10.8. The number of carbonyl (C=O) groups is 1. The molecule has 0 bridgehead atoms. The average Bonchev–Trinajstić information content (AvgIpc) is 3.12. The second kappa shape index (κ2) is 9.52. The number of hydrogen-bond donors (Lipinski definition) is 1. The SMILES string of the molecule is CCn1c(SCC(=O)Nc2cccc(Cl)c2C)nnc1-c1cc(Cl)ccc1OC. The molecule has 9 heteroatoms. The lowest BCUT2D eigenvalue weighted by Crippen LogP contribution is -2.15. The molecule has 152 valence electrons. The molecule has 1 aromatic heterocycles. The Labute approximate surface area is 183 Å². The highest BCUT2D eigenvalue weighted by atomic mass is 35.5. The monoisotopic (exact) mass is 450 g/mol. The summed E-state index contributed by atoms with van der Waals surface area (Å²) in [5.74, 6) is 1.34. The van der Waals surface area contributed by atoms with Crippen LogP contribution in [0.1, 0.15) is 12.5 Å². The van der Waals surface area contributed by atoms with Gasteiger partial charge in [-0.25, -0.2) is 0 Å². The Kier molecular flexibility index (Phi) is 7.05. The standard InChI is InChI=1S/C20H20Cl2N4O2S/c1-4-26-19(14-10-13(21)8-9-17(14)28-3)24-25-20(26)29-11-18(27)23-16-7-5-6-15(22)12(16)2/h5-10H,4,11H2,1-3H3,(H,23,27). The van der Waals surface area contributed by atoms with Gasteiger partial charge in [0.25, 0.3) is 0 Å². The predicted molar refractivity (Wildman–Crippen MR) is 118 cm³/mol. The van der Waals surface area contributed by atoms with Crippen LogP contribution in [-0.4, -0.2) is 33.5 Å². The molecular weight excluding hydrogens is 431 g/mol. The van der Waals surface area contributed by atoms with Crippen molar-refractivity contribution in [2.75, 3.05) is 18.2 Å². The van der Waals surface area contributed by atoms with Crippen LogP contribution in [0.2, 0.25) is 10.0 Å². The third-order valence-corrected chi connectivity index (χ3v) is 5.92. The summed E-state index contributed by atoms with van der Waals surface area (Å²) < 4.78 is 7.35. The second-order valence-corrected chi connectivity index (χ2v) is 7.93. The summed E-state index contributed by atoms with van der Waals surface area (Å²) >= 11 is 13.6. The summed E-state index contributed by atoms with van der Waals surface area (Å²) in [7, 11) is 1.59. The summed E-state index contributed by atoms with van der Waals surface area (Å²) in [5.41, 5.74) is 2.28. The fraction of sp³-hybridized carbons (Fsp3) is 0.250. The molecule has 0 aliphatic heterocycles. The Morgan fingerprint density at radius 2 is 2.03 bits per heavy atom. The first-order chi connectivity index (χ1) is 13.9. The lowest BCUT2D eigenvalue weighted by atomic mass is 10.2. The van der Waals surface area contributed by atoms with Gasteiger partial charge in [-0.2, -0.15) is 0 Å². The van der Waals surface area contributed by atoms with Crippen molar-refractivity contribution < 1.29 is 9.53 Å². The molecule has 1 amide bonds. The largest absolute Gasteiger partial charge is 0.496 e. The van der Waals surface area contributed by atoms with Gasteiger partial charge in [-0.05, 0) is 49.7 Å². The quantitative estimate of drug-likeness (QED) is 0.493. The summed E-state index contributed by atoms with van der Waals surface area (Å²) in [4.78, 5) is 12.4. The van der Waals surface area contributed by atoms with Gasteiger partial charge in [-0.3, -0.25) is 4.79 Å². The first-order valence-electron chi connectivity index (χ1n) is 8.89. The molecule has 0 spiro atoms. The van der Waals surface area contributed by atoms with E-state index in [-0.39, 0.29) is 11.7 Å². The van der Waals surface area contributed by atoms with Gasteiger partial charge in [0.15, 0.2) is 11.0 Å². The molecule has 0 unspecified atom stereocenters. The zero-order chi connectivity index (χ0) is 21.0. The summed E-state index contributed by atoms with van der Waals surface area (Å²) in [6.07, 6.45) is 0. The predicted octanol–water partition coefficient (Wildman–Crippen LogP) is 5.32. The van der Waals surface area contributed by atoms with E-state index in [1.165, 1.54) is 11.8 Å². The molecule has 0 saturated heterocycles. The van der Waals surface area contributed by atoms with E-state index < -0.39 is 0 Å². The van der Waals surface area contributed by atoms with Crippen LogP contribution < -0.4 is 10.1 Å². The first kappa shape index (κ1) is 21.5. The van der Waals surface area contributed by atoms with E-state index in [4.69, 9.17) is 27.9 Å². The maximum absolute atomic E-state index is 12.4. The molecule has 3 aromatic rings. The molecule has 6 nitrogen and oxygen atoms in total. The van der Waals surface area contributed by atoms with E-state index in [9.17, 15) is 4.79 Å². The minimum Gasteiger partial charge on any atom is -0.496 e. The number of nitrogens with one attached hydrogen (secondary N) is 1. The highest BCUT2D eigenvalue weighted by molar-refractivity contribution is 7.99. The van der Waals surface area contributed by atoms with Crippen LogP contribution >= 0.6 is 35.0 Å². The Hall–Kier alpha value is -2.22. The van der Waals surface area contributed by atoms with Crippen molar-refractivity contribution in [1.29, 1.82) is 0 Å². The minimum absolute atomic E-state index is 0.145. The maximum Gasteiger partial charge on any atom is 0.234 e. The van der Waals surface area contributed by atoms with Gasteiger partial charge in [-0.1, -0.05) is 41.0 Å². The number of hydrogen-bond acceptors (Lipinski definition) is 5. The van der Waals surface area contributed by atoms with Crippen molar-refractivity contribution in [1.82, 2.24) is 14.8 Å². The lowest BCUT2D eigenvalue weighted by molar-refractivity contribution is -0.113. The van der Waals surface area contributed by atoms with Gasteiger partial charge in [0.1, 0.15) is 5.75 Å². The topological polar surface area (TPSA) is 69.0 Å². The number of amides is 1. The van der Waals surface area contributed by atoms with Crippen molar-refractivity contribution in [3.05, 3.63) is 52.0 Å². The number of anilines is 1. The molecule has 29 heavy (non-hydrogen) atoms. The van der Waals surface area contributed by atoms with Crippen LogP contribution in [0.5, 0.6) is 5.75 Å². The number of aromatic nitrogens is 3. The smallest absolute Gasteiger partial charge is 0.234 e. The number of ether oxygens (including phenoxy) is 1. The number of carbonyl (C=O) groups excluding carboxylic acids is 1. The Bertz CT molecular complexity index is 1040. The number of halogens is 2. The Morgan fingerprint density at radius 3 is 2.76 bits per heavy atom. The molecule has 0 saturated carbocycles. The number of thioether (sulfide) groups is 1. The van der Waals surface area contributed by atoms with Gasteiger partial charge < -0.3 is 14.6 Å². The molecule has 0 atom stereocenters. The normalized spacial score (nSPS) is 10.8. The number of nitrogens with zero attached hydrogens (tertiary/aromatic N) is 3. The highest BCUT2D eigenvalue weighted by Gasteiger charge is 2.18. The van der Waals surface area contributed by atoms with E-state index in [0.717, 1.165) is 11.1 Å². The van der Waals surface area contributed by atoms with Gasteiger partial charge in [0.2, 0.25) is 5.91 Å². The summed E-state index contributed by atoms with van der Waals surface area (Å²) in [6.45, 7) is 4.49. The van der Waals surface area contributed by atoms with E-state index in [1.807, 2.05) is 24.5 Å². The lowest BCUT2D eigenvalue weighted by Gasteiger charge is -2.11. The molecule has 0 radical (unpaired) electrons. The van der Waals surface area contributed by atoms with Crippen molar-refractivity contribution in [3.63, 3.8) is 0 Å². The van der Waals surface area contributed by atoms with Crippen molar-refractivity contribution in [3.8, 4) is 17.1 Å². The Morgan fingerprint density at radius 1 is 1.24 bits per heavy atom. The third kappa shape index (κ3) is 4.86. The second-order valence-electron chi connectivity index (χ2n) is 6.14. The molecule has 1 heterocycles. The highest BCUT2D eigenvalue weighted by Crippen LogP contribution is 2.33. The van der Waals surface area contributed by atoms with Crippen LogP contribution in [0, 0.1) is 6.92 Å². The molecule has 0 aliphatic carbocycles. The fourth-order valence-corrected chi connectivity index (χ4v) is 3.94. The summed E-state index contributed by atoms with van der Waals surface area (Å²) in [5, 5.41) is 13.3. The van der Waals surface area contributed by atoms with Gasteiger partial charge in [-0.15, -0.1) is 10.2 Å². The molecule has 1 N–H and O–H groups in total. The first-order valence-corrected chi connectivity index (χ1v) is 10.6.